The molecule has 0 radical (unpaired) electrons. The standard InChI is InChI=1S/C18H21BrN2/c1-12-5-7-17-14(10-12)4-3-9-21(17)18-8-6-15(19)11-16(18)13(2)20/h5-8,10-11,13H,3-4,9,20H2,1-2H3. The van der Waals surface area contributed by atoms with E-state index in [0.717, 1.165) is 17.4 Å². The lowest BCUT2D eigenvalue weighted by Gasteiger charge is -2.33. The van der Waals surface area contributed by atoms with Crippen LogP contribution in [0.15, 0.2) is 40.9 Å². The third kappa shape index (κ3) is 2.85. The van der Waals surface area contributed by atoms with Crippen molar-refractivity contribution in [2.45, 2.75) is 32.7 Å². The van der Waals surface area contributed by atoms with Crippen molar-refractivity contribution < 1.29 is 0 Å². The number of nitrogens with zero attached hydrogens (tertiary/aromatic N) is 1. The van der Waals surface area contributed by atoms with Gasteiger partial charge in [0.2, 0.25) is 0 Å². The Morgan fingerprint density at radius 3 is 2.67 bits per heavy atom. The van der Waals surface area contributed by atoms with Crippen LogP contribution in [0.3, 0.4) is 0 Å². The molecule has 3 rings (SSSR count). The first-order valence-corrected chi connectivity index (χ1v) is 8.27. The minimum Gasteiger partial charge on any atom is -0.341 e. The van der Waals surface area contributed by atoms with E-state index in [2.05, 4.69) is 64.2 Å². The smallest absolute Gasteiger partial charge is 0.0459 e. The van der Waals surface area contributed by atoms with E-state index < -0.39 is 0 Å². The van der Waals surface area contributed by atoms with Gasteiger partial charge in [0.25, 0.3) is 0 Å². The Kier molecular flexibility index (Phi) is 4.05. The molecule has 110 valence electrons. The summed E-state index contributed by atoms with van der Waals surface area (Å²) < 4.78 is 1.08. The summed E-state index contributed by atoms with van der Waals surface area (Å²) in [5, 5.41) is 0. The van der Waals surface area contributed by atoms with Crippen LogP contribution in [-0.4, -0.2) is 6.54 Å². The minimum atomic E-state index is 0.0216. The summed E-state index contributed by atoms with van der Waals surface area (Å²) >= 11 is 3.56. The Labute approximate surface area is 135 Å². The van der Waals surface area contributed by atoms with Crippen LogP contribution < -0.4 is 10.6 Å². The van der Waals surface area contributed by atoms with Gasteiger partial charge >= 0.3 is 0 Å². The zero-order valence-corrected chi connectivity index (χ0v) is 14.2. The molecule has 1 aliphatic heterocycles. The number of aryl methyl sites for hydroxylation is 2. The molecule has 1 heterocycles. The van der Waals surface area contributed by atoms with E-state index in [4.69, 9.17) is 5.73 Å². The number of anilines is 2. The van der Waals surface area contributed by atoms with Crippen molar-refractivity contribution in [3.8, 4) is 0 Å². The summed E-state index contributed by atoms with van der Waals surface area (Å²) in [7, 11) is 0. The summed E-state index contributed by atoms with van der Waals surface area (Å²) in [4.78, 5) is 2.42. The van der Waals surface area contributed by atoms with E-state index in [9.17, 15) is 0 Å². The molecule has 0 saturated carbocycles. The summed E-state index contributed by atoms with van der Waals surface area (Å²) in [5.74, 6) is 0. The molecule has 0 bridgehead atoms. The highest BCUT2D eigenvalue weighted by Crippen LogP contribution is 2.38. The maximum Gasteiger partial charge on any atom is 0.0459 e. The molecule has 2 aromatic carbocycles. The van der Waals surface area contributed by atoms with Crippen LogP contribution in [0, 0.1) is 6.92 Å². The van der Waals surface area contributed by atoms with Crippen molar-refractivity contribution in [3.63, 3.8) is 0 Å². The van der Waals surface area contributed by atoms with Gasteiger partial charge in [0.05, 0.1) is 0 Å². The normalized spacial score (nSPS) is 15.7. The molecule has 2 N–H and O–H groups in total. The summed E-state index contributed by atoms with van der Waals surface area (Å²) in [5.41, 5.74) is 12.7. The van der Waals surface area contributed by atoms with Gasteiger partial charge in [-0.05, 0) is 62.1 Å². The first kappa shape index (κ1) is 14.6. The second-order valence-electron chi connectivity index (χ2n) is 5.88. The van der Waals surface area contributed by atoms with Gasteiger partial charge in [0.15, 0.2) is 0 Å². The van der Waals surface area contributed by atoms with E-state index in [-0.39, 0.29) is 6.04 Å². The summed E-state index contributed by atoms with van der Waals surface area (Å²) in [6, 6.07) is 13.2. The second-order valence-corrected chi connectivity index (χ2v) is 6.79. The quantitative estimate of drug-likeness (QED) is 0.842. The van der Waals surface area contributed by atoms with Crippen LogP contribution in [0.2, 0.25) is 0 Å². The molecule has 0 aromatic heterocycles. The molecule has 0 saturated heterocycles. The largest absolute Gasteiger partial charge is 0.341 e. The van der Waals surface area contributed by atoms with E-state index in [1.165, 1.54) is 34.5 Å². The van der Waals surface area contributed by atoms with Gasteiger partial charge in [-0.3, -0.25) is 0 Å². The minimum absolute atomic E-state index is 0.0216. The van der Waals surface area contributed by atoms with Crippen LogP contribution in [0.25, 0.3) is 0 Å². The lowest BCUT2D eigenvalue weighted by Crippen LogP contribution is -2.26. The Hall–Kier alpha value is -1.32. The predicted octanol–water partition coefficient (Wildman–Crippen LogP) is 4.86. The van der Waals surface area contributed by atoms with Crippen molar-refractivity contribution in [2.75, 3.05) is 11.4 Å². The fourth-order valence-corrected chi connectivity index (χ4v) is 3.49. The van der Waals surface area contributed by atoms with E-state index in [1.807, 2.05) is 6.92 Å². The Bertz CT molecular complexity index is 664. The third-order valence-electron chi connectivity index (χ3n) is 4.12. The fraction of sp³-hybridized carbons (Fsp3) is 0.333. The molecule has 0 aliphatic carbocycles. The molecule has 0 fully saturated rings. The second kappa shape index (κ2) is 5.82. The zero-order chi connectivity index (χ0) is 15.0. The fourth-order valence-electron chi connectivity index (χ4n) is 3.11. The molecule has 0 amide bonds. The number of nitrogens with two attached hydrogens (primary N) is 1. The average molecular weight is 345 g/mol. The SMILES string of the molecule is Cc1ccc2c(c1)CCCN2c1ccc(Br)cc1C(C)N. The molecule has 0 spiro atoms. The molecule has 21 heavy (non-hydrogen) atoms. The number of halogens is 1. The van der Waals surface area contributed by atoms with Crippen molar-refractivity contribution in [1.29, 1.82) is 0 Å². The maximum absolute atomic E-state index is 6.19. The molecule has 2 aromatic rings. The van der Waals surface area contributed by atoms with Crippen LogP contribution in [-0.2, 0) is 6.42 Å². The molecule has 2 nitrogen and oxygen atoms in total. The molecular weight excluding hydrogens is 324 g/mol. The number of hydrogen-bond donors (Lipinski definition) is 1. The molecule has 1 unspecified atom stereocenters. The van der Waals surface area contributed by atoms with Gasteiger partial charge in [-0.25, -0.2) is 0 Å². The molecule has 1 aliphatic rings. The third-order valence-corrected chi connectivity index (χ3v) is 4.62. The zero-order valence-electron chi connectivity index (χ0n) is 12.6. The monoisotopic (exact) mass is 344 g/mol. The average Bonchev–Trinajstić information content (AvgIpc) is 2.46. The first-order chi connectivity index (χ1) is 10.1. The van der Waals surface area contributed by atoms with Crippen molar-refractivity contribution in [3.05, 3.63) is 57.6 Å². The number of rotatable bonds is 2. The van der Waals surface area contributed by atoms with Crippen LogP contribution in [0.5, 0.6) is 0 Å². The number of fused-ring (bicyclic) bond motifs is 1. The highest BCUT2D eigenvalue weighted by atomic mass is 79.9. The lowest BCUT2D eigenvalue weighted by molar-refractivity contribution is 0.750. The van der Waals surface area contributed by atoms with Crippen LogP contribution in [0.4, 0.5) is 11.4 Å². The van der Waals surface area contributed by atoms with Gasteiger partial charge in [-0.15, -0.1) is 0 Å². The van der Waals surface area contributed by atoms with Gasteiger partial charge in [-0.2, -0.15) is 0 Å². The number of benzene rings is 2. The predicted molar refractivity (Wildman–Crippen MR) is 93.3 cm³/mol. The Morgan fingerprint density at radius 1 is 1.14 bits per heavy atom. The molecule has 1 atom stereocenters. The van der Waals surface area contributed by atoms with Crippen LogP contribution in [0.1, 0.15) is 36.1 Å². The van der Waals surface area contributed by atoms with E-state index in [1.54, 1.807) is 0 Å². The first-order valence-electron chi connectivity index (χ1n) is 7.48. The van der Waals surface area contributed by atoms with Crippen LogP contribution >= 0.6 is 15.9 Å². The van der Waals surface area contributed by atoms with Gasteiger partial charge < -0.3 is 10.6 Å². The highest BCUT2D eigenvalue weighted by Gasteiger charge is 2.21. The lowest BCUT2D eigenvalue weighted by atomic mass is 9.97. The van der Waals surface area contributed by atoms with Crippen molar-refractivity contribution in [1.82, 2.24) is 0 Å². The highest BCUT2D eigenvalue weighted by molar-refractivity contribution is 9.10. The van der Waals surface area contributed by atoms with E-state index in [0.29, 0.717) is 0 Å². The summed E-state index contributed by atoms with van der Waals surface area (Å²) in [6.07, 6.45) is 2.35. The topological polar surface area (TPSA) is 29.3 Å². The maximum atomic E-state index is 6.19. The molecular formula is C18H21BrN2. The Balaban J connectivity index is 2.11. The summed E-state index contributed by atoms with van der Waals surface area (Å²) in [6.45, 7) is 5.26. The van der Waals surface area contributed by atoms with Crippen molar-refractivity contribution in [2.24, 2.45) is 5.73 Å². The van der Waals surface area contributed by atoms with Gasteiger partial charge in [0, 0.05) is 28.4 Å². The number of hydrogen-bond acceptors (Lipinski definition) is 2. The van der Waals surface area contributed by atoms with Gasteiger partial charge in [-0.1, -0.05) is 33.6 Å². The molecule has 3 heteroatoms. The van der Waals surface area contributed by atoms with E-state index >= 15 is 0 Å². The van der Waals surface area contributed by atoms with Crippen molar-refractivity contribution >= 4 is 27.3 Å². The Morgan fingerprint density at radius 2 is 1.90 bits per heavy atom. The van der Waals surface area contributed by atoms with Gasteiger partial charge in [0.1, 0.15) is 0 Å².